The molecule has 1 aliphatic heterocycles. The van der Waals surface area contributed by atoms with Crippen LogP contribution in [-0.2, 0) is 0 Å². The van der Waals surface area contributed by atoms with Gasteiger partial charge in [-0.3, -0.25) is 4.92 Å². The van der Waals surface area contributed by atoms with Crippen LogP contribution in [0.1, 0.15) is 32.1 Å². The summed E-state index contributed by atoms with van der Waals surface area (Å²) in [5.41, 5.74) is 2.28. The van der Waals surface area contributed by atoms with E-state index in [9.17, 15) is 10.4 Å². The molecule has 0 bridgehead atoms. The van der Waals surface area contributed by atoms with Gasteiger partial charge >= 0.3 is 0 Å². The quantitative estimate of drug-likeness (QED) is 0.442. The van der Waals surface area contributed by atoms with E-state index in [1.54, 1.807) is 6.08 Å². The molecule has 4 nitrogen and oxygen atoms in total. The summed E-state index contributed by atoms with van der Waals surface area (Å²) >= 11 is 0. The monoisotopic (exact) mass is 169 g/mol. The summed E-state index contributed by atoms with van der Waals surface area (Å²) in [6.45, 7) is 0. The average Bonchev–Trinajstić information content (AvgIpc) is 2.29. The standard InChI is InChI=1S/C8H13N2O2/c11-10(12)7-6-8(9-10)4-2-1-3-5-8/h6-7,9H,1-5H2/q-1. The maximum Gasteiger partial charge on any atom is 0.114 e. The number of hydrogen-bond acceptors (Lipinski definition) is 3. The lowest BCUT2D eigenvalue weighted by Crippen LogP contribution is -2.52. The van der Waals surface area contributed by atoms with Crippen LogP contribution in [0.5, 0.6) is 0 Å². The van der Waals surface area contributed by atoms with Crippen LogP contribution in [-0.4, -0.2) is 10.5 Å². The molecule has 1 heterocycles. The summed E-state index contributed by atoms with van der Waals surface area (Å²) in [4.78, 5) is -1.65. The fourth-order valence-electron chi connectivity index (χ4n) is 2.09. The van der Waals surface area contributed by atoms with Crippen molar-refractivity contribution in [3.05, 3.63) is 22.7 Å². The molecule has 0 radical (unpaired) electrons. The average molecular weight is 169 g/mol. The van der Waals surface area contributed by atoms with Crippen LogP contribution in [0.2, 0.25) is 0 Å². The first kappa shape index (κ1) is 8.19. The van der Waals surface area contributed by atoms with Crippen molar-refractivity contribution in [1.29, 1.82) is 0 Å². The third-order valence-corrected chi connectivity index (χ3v) is 2.71. The molecule has 0 saturated heterocycles. The van der Waals surface area contributed by atoms with Crippen molar-refractivity contribution in [3.63, 3.8) is 0 Å². The summed E-state index contributed by atoms with van der Waals surface area (Å²) in [5, 5.41) is 21.9. The van der Waals surface area contributed by atoms with Gasteiger partial charge in [0, 0.05) is 0 Å². The molecule has 0 atom stereocenters. The topological polar surface area (TPSA) is 58.1 Å². The Morgan fingerprint density at radius 2 is 1.83 bits per heavy atom. The Kier molecular flexibility index (Phi) is 1.73. The number of nitrogens with one attached hydrogen (secondary N) is 1. The molecular formula is C8H13N2O2-. The molecule has 0 unspecified atom stereocenters. The van der Waals surface area contributed by atoms with Crippen LogP contribution in [0.4, 0.5) is 0 Å². The van der Waals surface area contributed by atoms with Gasteiger partial charge in [0.05, 0.1) is 5.54 Å². The number of rotatable bonds is 0. The second kappa shape index (κ2) is 2.53. The van der Waals surface area contributed by atoms with E-state index in [0.717, 1.165) is 31.9 Å². The minimum Gasteiger partial charge on any atom is -0.606 e. The molecule has 0 aromatic heterocycles. The highest BCUT2D eigenvalue weighted by molar-refractivity contribution is 5.08. The lowest BCUT2D eigenvalue weighted by molar-refractivity contribution is -0.824. The molecule has 1 spiro atoms. The Morgan fingerprint density at radius 3 is 2.33 bits per heavy atom. The van der Waals surface area contributed by atoms with Crippen molar-refractivity contribution in [3.8, 4) is 0 Å². The van der Waals surface area contributed by atoms with E-state index in [4.69, 9.17) is 0 Å². The van der Waals surface area contributed by atoms with Crippen LogP contribution in [0, 0.1) is 10.4 Å². The summed E-state index contributed by atoms with van der Waals surface area (Å²) in [5.74, 6) is 0. The summed E-state index contributed by atoms with van der Waals surface area (Å²) in [7, 11) is 0. The first-order valence-corrected chi connectivity index (χ1v) is 4.43. The zero-order chi connectivity index (χ0) is 8.66. The molecule has 0 amide bonds. The molecule has 1 N–H and O–H groups in total. The summed E-state index contributed by atoms with van der Waals surface area (Å²) in [6.07, 6.45) is 8.20. The molecule has 1 fully saturated rings. The first-order chi connectivity index (χ1) is 5.62. The lowest BCUT2D eigenvalue weighted by atomic mass is 9.83. The van der Waals surface area contributed by atoms with Crippen molar-refractivity contribution < 1.29 is 4.92 Å². The van der Waals surface area contributed by atoms with E-state index >= 15 is 0 Å². The molecular weight excluding hydrogens is 156 g/mol. The Hall–Kier alpha value is -0.420. The summed E-state index contributed by atoms with van der Waals surface area (Å²) < 4.78 is 0. The predicted molar refractivity (Wildman–Crippen MR) is 45.1 cm³/mol. The fourth-order valence-corrected chi connectivity index (χ4v) is 2.09. The van der Waals surface area contributed by atoms with Gasteiger partial charge in [-0.05, 0) is 18.9 Å². The molecule has 0 aromatic rings. The Morgan fingerprint density at radius 1 is 1.17 bits per heavy atom. The zero-order valence-corrected chi connectivity index (χ0v) is 6.95. The first-order valence-electron chi connectivity index (χ1n) is 4.43. The smallest absolute Gasteiger partial charge is 0.114 e. The van der Waals surface area contributed by atoms with Gasteiger partial charge in [0.2, 0.25) is 0 Å². The molecule has 68 valence electrons. The van der Waals surface area contributed by atoms with Crippen molar-refractivity contribution >= 4 is 0 Å². The van der Waals surface area contributed by atoms with Crippen molar-refractivity contribution in [2.45, 2.75) is 37.6 Å². The predicted octanol–water partition coefficient (Wildman–Crippen LogP) is 1.53. The van der Waals surface area contributed by atoms with E-state index in [2.05, 4.69) is 5.43 Å². The van der Waals surface area contributed by atoms with Gasteiger partial charge < -0.3 is 10.4 Å². The SMILES string of the molecule is [O-][N+]1([O-])C=CC2(CCCCC2)N1. The van der Waals surface area contributed by atoms with Gasteiger partial charge in [0.1, 0.15) is 6.20 Å². The Bertz CT molecular complexity index is 207. The maximum absolute atomic E-state index is 11.0. The molecule has 1 saturated carbocycles. The van der Waals surface area contributed by atoms with E-state index in [0.29, 0.717) is 0 Å². The Balaban J connectivity index is 2.10. The number of quaternary nitrogens is 1. The van der Waals surface area contributed by atoms with E-state index < -0.39 is 4.92 Å². The van der Waals surface area contributed by atoms with Crippen LogP contribution >= 0.6 is 0 Å². The van der Waals surface area contributed by atoms with E-state index in [1.807, 2.05) is 0 Å². The highest BCUT2D eigenvalue weighted by Gasteiger charge is 2.37. The third kappa shape index (κ3) is 1.38. The van der Waals surface area contributed by atoms with Crippen molar-refractivity contribution in [2.24, 2.45) is 0 Å². The van der Waals surface area contributed by atoms with Crippen LogP contribution in [0.3, 0.4) is 0 Å². The van der Waals surface area contributed by atoms with Crippen molar-refractivity contribution in [1.82, 2.24) is 5.43 Å². The third-order valence-electron chi connectivity index (χ3n) is 2.71. The maximum atomic E-state index is 11.0. The molecule has 2 rings (SSSR count). The summed E-state index contributed by atoms with van der Waals surface area (Å²) in [6, 6.07) is 0. The molecule has 1 aliphatic carbocycles. The second-order valence-electron chi connectivity index (χ2n) is 3.74. The molecule has 12 heavy (non-hydrogen) atoms. The molecule has 4 heteroatoms. The number of hydrogen-bond donors (Lipinski definition) is 1. The highest BCUT2D eigenvalue weighted by atomic mass is 16.9. The van der Waals surface area contributed by atoms with Crippen LogP contribution in [0.25, 0.3) is 0 Å². The lowest BCUT2D eigenvalue weighted by Gasteiger charge is -2.44. The van der Waals surface area contributed by atoms with Gasteiger partial charge in [-0.2, -0.15) is 5.43 Å². The van der Waals surface area contributed by atoms with Crippen LogP contribution in [0.15, 0.2) is 12.3 Å². The van der Waals surface area contributed by atoms with Gasteiger partial charge in [-0.15, -0.1) is 0 Å². The highest BCUT2D eigenvalue weighted by Crippen LogP contribution is 2.34. The van der Waals surface area contributed by atoms with E-state index in [1.165, 1.54) is 6.42 Å². The second-order valence-corrected chi connectivity index (χ2v) is 3.74. The zero-order valence-electron chi connectivity index (χ0n) is 6.95. The molecule has 0 aromatic carbocycles. The Labute approximate surface area is 71.6 Å². The van der Waals surface area contributed by atoms with E-state index in [-0.39, 0.29) is 5.54 Å². The normalized spacial score (nSPS) is 31.2. The minimum absolute atomic E-state index is 0.276. The van der Waals surface area contributed by atoms with Crippen LogP contribution < -0.4 is 5.43 Å². The largest absolute Gasteiger partial charge is 0.606 e. The van der Waals surface area contributed by atoms with Gasteiger partial charge in [0.15, 0.2) is 0 Å². The fraction of sp³-hybridized carbons (Fsp3) is 0.750. The van der Waals surface area contributed by atoms with Crippen molar-refractivity contribution in [2.75, 3.05) is 0 Å². The molecule has 2 aliphatic rings. The number of nitrogens with zero attached hydrogens (tertiary/aromatic N) is 1. The number of hydroxylamine groups is 2. The van der Waals surface area contributed by atoms with Gasteiger partial charge in [0.25, 0.3) is 0 Å². The minimum atomic E-state index is -1.65. The van der Waals surface area contributed by atoms with Gasteiger partial charge in [-0.25, -0.2) is 0 Å². The van der Waals surface area contributed by atoms with Gasteiger partial charge in [-0.1, -0.05) is 19.3 Å².